The van der Waals surface area contributed by atoms with Crippen molar-refractivity contribution in [2.45, 2.75) is 69.9 Å². The Kier molecular flexibility index (Phi) is 6.65. The van der Waals surface area contributed by atoms with Crippen LogP contribution in [0.5, 0.6) is 0 Å². The molecule has 1 saturated carbocycles. The zero-order valence-corrected chi connectivity index (χ0v) is 11.7. The van der Waals surface area contributed by atoms with Crippen molar-refractivity contribution in [3.05, 3.63) is 0 Å². The van der Waals surface area contributed by atoms with Gasteiger partial charge in [-0.3, -0.25) is 4.79 Å². The van der Waals surface area contributed by atoms with E-state index in [1.807, 2.05) is 0 Å². The highest BCUT2D eigenvalue weighted by molar-refractivity contribution is 5.79. The second-order valence-corrected chi connectivity index (χ2v) is 5.29. The number of hydrogen-bond donors (Lipinski definition) is 2. The van der Waals surface area contributed by atoms with Crippen LogP contribution in [0.1, 0.15) is 58.3 Å². The van der Waals surface area contributed by atoms with Crippen LogP contribution < -0.4 is 5.32 Å². The fourth-order valence-corrected chi connectivity index (χ4v) is 2.67. The van der Waals surface area contributed by atoms with Crippen molar-refractivity contribution in [1.29, 1.82) is 0 Å². The van der Waals surface area contributed by atoms with E-state index in [9.17, 15) is 9.90 Å². The molecule has 0 aliphatic heterocycles. The lowest BCUT2D eigenvalue weighted by Gasteiger charge is -2.37. The van der Waals surface area contributed by atoms with Crippen LogP contribution in [0.2, 0.25) is 0 Å². The third-order valence-electron chi connectivity index (χ3n) is 3.95. The van der Waals surface area contributed by atoms with Crippen LogP contribution in [0.25, 0.3) is 0 Å². The summed E-state index contributed by atoms with van der Waals surface area (Å²) in [6.07, 6.45) is 8.08. The Labute approximate surface area is 110 Å². The van der Waals surface area contributed by atoms with Gasteiger partial charge < -0.3 is 15.2 Å². The number of unbranched alkanes of at least 4 members (excludes halogenated alkanes) is 3. The molecule has 0 aromatic rings. The van der Waals surface area contributed by atoms with Crippen molar-refractivity contribution in [1.82, 2.24) is 5.32 Å². The highest BCUT2D eigenvalue weighted by atomic mass is 16.5. The number of carboxylic acid groups (broad SMARTS) is 1. The van der Waals surface area contributed by atoms with Gasteiger partial charge in [-0.2, -0.15) is 0 Å². The van der Waals surface area contributed by atoms with Gasteiger partial charge in [0.25, 0.3) is 0 Å². The van der Waals surface area contributed by atoms with Crippen LogP contribution in [-0.2, 0) is 9.53 Å². The highest BCUT2D eigenvalue weighted by Crippen LogP contribution is 2.30. The Morgan fingerprint density at radius 1 is 1.44 bits per heavy atom. The van der Waals surface area contributed by atoms with E-state index >= 15 is 0 Å². The van der Waals surface area contributed by atoms with Crippen molar-refractivity contribution >= 4 is 5.97 Å². The molecule has 106 valence electrons. The van der Waals surface area contributed by atoms with Gasteiger partial charge in [0, 0.05) is 13.0 Å². The SMILES string of the molecule is CCCCCCOC1CCCC(NC)(C(=O)O)C1. The summed E-state index contributed by atoms with van der Waals surface area (Å²) in [5, 5.41) is 12.3. The lowest BCUT2D eigenvalue weighted by atomic mass is 9.80. The minimum Gasteiger partial charge on any atom is -0.480 e. The summed E-state index contributed by atoms with van der Waals surface area (Å²) in [5.41, 5.74) is -0.771. The molecule has 0 amide bonds. The van der Waals surface area contributed by atoms with E-state index in [1.165, 1.54) is 19.3 Å². The molecule has 1 fully saturated rings. The molecule has 1 rings (SSSR count). The van der Waals surface area contributed by atoms with E-state index in [1.54, 1.807) is 7.05 Å². The van der Waals surface area contributed by atoms with Gasteiger partial charge in [-0.15, -0.1) is 0 Å². The molecule has 2 unspecified atom stereocenters. The van der Waals surface area contributed by atoms with Gasteiger partial charge in [0.2, 0.25) is 0 Å². The first-order chi connectivity index (χ1) is 8.64. The predicted octanol–water partition coefficient (Wildman–Crippen LogP) is 2.57. The smallest absolute Gasteiger partial charge is 0.323 e. The third-order valence-corrected chi connectivity index (χ3v) is 3.95. The van der Waals surface area contributed by atoms with Crippen molar-refractivity contribution in [2.75, 3.05) is 13.7 Å². The molecule has 0 bridgehead atoms. The Morgan fingerprint density at radius 2 is 2.22 bits per heavy atom. The van der Waals surface area contributed by atoms with Crippen LogP contribution >= 0.6 is 0 Å². The quantitative estimate of drug-likeness (QED) is 0.656. The summed E-state index contributed by atoms with van der Waals surface area (Å²) in [4.78, 5) is 11.4. The largest absolute Gasteiger partial charge is 0.480 e. The van der Waals surface area contributed by atoms with Crippen LogP contribution in [0.4, 0.5) is 0 Å². The molecule has 0 aromatic carbocycles. The molecule has 0 spiro atoms. The summed E-state index contributed by atoms with van der Waals surface area (Å²) in [7, 11) is 1.73. The first-order valence-corrected chi connectivity index (χ1v) is 7.18. The summed E-state index contributed by atoms with van der Waals surface area (Å²) in [6.45, 7) is 2.96. The number of aliphatic carboxylic acids is 1. The van der Waals surface area contributed by atoms with Crippen molar-refractivity contribution < 1.29 is 14.6 Å². The summed E-state index contributed by atoms with van der Waals surface area (Å²) < 4.78 is 5.83. The Hall–Kier alpha value is -0.610. The summed E-state index contributed by atoms with van der Waals surface area (Å²) in [6, 6.07) is 0. The molecular weight excluding hydrogens is 230 g/mol. The molecule has 1 aliphatic rings. The maximum absolute atomic E-state index is 11.4. The predicted molar refractivity (Wildman–Crippen MR) is 71.8 cm³/mol. The van der Waals surface area contributed by atoms with Crippen molar-refractivity contribution in [2.24, 2.45) is 0 Å². The van der Waals surface area contributed by atoms with Crippen molar-refractivity contribution in [3.8, 4) is 0 Å². The van der Waals surface area contributed by atoms with Gasteiger partial charge in [0.15, 0.2) is 0 Å². The van der Waals surface area contributed by atoms with Crippen molar-refractivity contribution in [3.63, 3.8) is 0 Å². The van der Waals surface area contributed by atoms with E-state index in [0.717, 1.165) is 25.9 Å². The lowest BCUT2D eigenvalue weighted by Crippen LogP contribution is -2.54. The van der Waals surface area contributed by atoms with E-state index in [4.69, 9.17) is 4.74 Å². The first-order valence-electron chi connectivity index (χ1n) is 7.18. The average molecular weight is 257 g/mol. The van der Waals surface area contributed by atoms with Crippen LogP contribution in [0, 0.1) is 0 Å². The second kappa shape index (κ2) is 7.74. The van der Waals surface area contributed by atoms with Crippen LogP contribution in [0.3, 0.4) is 0 Å². The highest BCUT2D eigenvalue weighted by Gasteiger charge is 2.41. The number of likely N-dealkylation sites (N-methyl/N-ethyl adjacent to an activating group) is 1. The van der Waals surface area contributed by atoms with Gasteiger partial charge in [0.1, 0.15) is 5.54 Å². The number of carbonyl (C=O) groups is 1. The van der Waals surface area contributed by atoms with Crippen LogP contribution in [-0.4, -0.2) is 36.4 Å². The number of nitrogens with one attached hydrogen (secondary N) is 1. The molecule has 18 heavy (non-hydrogen) atoms. The van der Waals surface area contributed by atoms with Gasteiger partial charge in [-0.1, -0.05) is 26.2 Å². The monoisotopic (exact) mass is 257 g/mol. The Morgan fingerprint density at radius 3 is 2.83 bits per heavy atom. The summed E-state index contributed by atoms with van der Waals surface area (Å²) in [5.74, 6) is -0.746. The second-order valence-electron chi connectivity index (χ2n) is 5.29. The topological polar surface area (TPSA) is 58.6 Å². The molecular formula is C14H27NO3. The van der Waals surface area contributed by atoms with E-state index in [-0.39, 0.29) is 6.10 Å². The number of carboxylic acids is 1. The molecule has 0 heterocycles. The lowest BCUT2D eigenvalue weighted by molar-refractivity contribution is -0.148. The minimum atomic E-state index is -0.771. The number of rotatable bonds is 8. The van der Waals surface area contributed by atoms with Gasteiger partial charge in [-0.25, -0.2) is 0 Å². The fourth-order valence-electron chi connectivity index (χ4n) is 2.67. The van der Waals surface area contributed by atoms with E-state index in [2.05, 4.69) is 12.2 Å². The van der Waals surface area contributed by atoms with E-state index < -0.39 is 11.5 Å². The molecule has 0 saturated heterocycles. The summed E-state index contributed by atoms with van der Waals surface area (Å²) >= 11 is 0. The number of ether oxygens (including phenoxy) is 1. The number of hydrogen-bond acceptors (Lipinski definition) is 3. The molecule has 0 aromatic heterocycles. The molecule has 4 nitrogen and oxygen atoms in total. The molecule has 2 atom stereocenters. The first kappa shape index (κ1) is 15.4. The Balaban J connectivity index is 2.32. The molecule has 1 aliphatic carbocycles. The average Bonchev–Trinajstić information content (AvgIpc) is 2.38. The fraction of sp³-hybridized carbons (Fsp3) is 0.929. The third kappa shape index (κ3) is 4.25. The van der Waals surface area contributed by atoms with Crippen LogP contribution in [0.15, 0.2) is 0 Å². The standard InChI is InChI=1S/C14H27NO3/c1-3-4-5-6-10-18-12-8-7-9-14(11-12,15-2)13(16)17/h12,15H,3-11H2,1-2H3,(H,16,17). The Bertz CT molecular complexity index is 257. The van der Waals surface area contributed by atoms with Gasteiger partial charge in [0.05, 0.1) is 6.10 Å². The van der Waals surface area contributed by atoms with Gasteiger partial charge in [-0.05, 0) is 32.7 Å². The van der Waals surface area contributed by atoms with Gasteiger partial charge >= 0.3 is 5.97 Å². The zero-order chi connectivity index (χ0) is 13.4. The minimum absolute atomic E-state index is 0.101. The maximum atomic E-state index is 11.4. The van der Waals surface area contributed by atoms with E-state index in [0.29, 0.717) is 12.8 Å². The maximum Gasteiger partial charge on any atom is 0.323 e. The molecule has 0 radical (unpaired) electrons. The molecule has 2 N–H and O–H groups in total. The zero-order valence-electron chi connectivity index (χ0n) is 11.7. The normalized spacial score (nSPS) is 28.2. The molecule has 4 heteroatoms.